The molecule has 1 aliphatic heterocycles. The van der Waals surface area contributed by atoms with Gasteiger partial charge in [0.2, 0.25) is 0 Å². The van der Waals surface area contributed by atoms with Crippen LogP contribution in [0.5, 0.6) is 0 Å². The maximum Gasteiger partial charge on any atom is 0.0621 e. The molecule has 0 saturated carbocycles. The second kappa shape index (κ2) is 5.96. The van der Waals surface area contributed by atoms with Crippen molar-refractivity contribution < 1.29 is 5.11 Å². The molecule has 1 heterocycles. The summed E-state index contributed by atoms with van der Waals surface area (Å²) in [6, 6.07) is 0. The monoisotopic (exact) mass is 229 g/mol. The molecule has 1 rings (SSSR count). The van der Waals surface area contributed by atoms with Gasteiger partial charge in [0.15, 0.2) is 0 Å². The van der Waals surface area contributed by atoms with E-state index in [0.717, 1.165) is 25.6 Å². The minimum absolute atomic E-state index is 0.0601. The lowest BCUT2D eigenvalue weighted by molar-refractivity contribution is 0.110. The zero-order valence-corrected chi connectivity index (χ0v) is 10.9. The van der Waals surface area contributed by atoms with Crippen LogP contribution in [0.4, 0.5) is 0 Å². The molecule has 1 fully saturated rings. The molecule has 0 aromatic rings. The van der Waals surface area contributed by atoms with Crippen molar-refractivity contribution in [2.75, 3.05) is 46.9 Å². The van der Waals surface area contributed by atoms with Gasteiger partial charge >= 0.3 is 0 Å². The first-order valence-electron chi connectivity index (χ1n) is 6.20. The molecule has 96 valence electrons. The third-order valence-corrected chi connectivity index (χ3v) is 3.28. The van der Waals surface area contributed by atoms with E-state index in [-0.39, 0.29) is 6.61 Å². The molecule has 4 nitrogen and oxygen atoms in total. The average molecular weight is 229 g/mol. The minimum Gasteiger partial charge on any atom is -0.394 e. The third-order valence-electron chi connectivity index (χ3n) is 3.28. The predicted molar refractivity (Wildman–Crippen MR) is 67.4 cm³/mol. The van der Waals surface area contributed by atoms with Crippen LogP contribution in [-0.2, 0) is 0 Å². The summed E-state index contributed by atoms with van der Waals surface area (Å²) >= 11 is 0. The second-order valence-electron chi connectivity index (χ2n) is 5.79. The Morgan fingerprint density at radius 3 is 2.38 bits per heavy atom. The van der Waals surface area contributed by atoms with E-state index >= 15 is 0 Å². The number of piperidine rings is 1. The van der Waals surface area contributed by atoms with E-state index in [2.05, 4.69) is 23.9 Å². The van der Waals surface area contributed by atoms with Crippen LogP contribution in [-0.4, -0.2) is 67.3 Å². The molecule has 4 heteroatoms. The Balaban J connectivity index is 2.27. The van der Waals surface area contributed by atoms with Gasteiger partial charge in [-0.15, -0.1) is 0 Å². The highest BCUT2D eigenvalue weighted by Crippen LogP contribution is 2.18. The van der Waals surface area contributed by atoms with Crippen LogP contribution >= 0.6 is 0 Å². The summed E-state index contributed by atoms with van der Waals surface area (Å²) in [7, 11) is 4.27. The summed E-state index contributed by atoms with van der Waals surface area (Å²) in [5.74, 6) is 0.824. The second-order valence-corrected chi connectivity index (χ2v) is 5.79. The van der Waals surface area contributed by atoms with Crippen molar-refractivity contribution in [3.63, 3.8) is 0 Å². The molecule has 0 aromatic heterocycles. The van der Waals surface area contributed by atoms with Crippen molar-refractivity contribution >= 4 is 0 Å². The molecule has 0 amide bonds. The van der Waals surface area contributed by atoms with Gasteiger partial charge < -0.3 is 20.6 Å². The molecule has 0 spiro atoms. The number of nitrogens with zero attached hydrogens (tertiary/aromatic N) is 2. The van der Waals surface area contributed by atoms with E-state index in [9.17, 15) is 0 Å². The maximum atomic E-state index is 9.14. The average Bonchev–Trinajstić information content (AvgIpc) is 2.20. The van der Waals surface area contributed by atoms with Crippen molar-refractivity contribution in [2.45, 2.75) is 25.3 Å². The number of aliphatic hydroxyl groups excluding tert-OH is 1. The molecule has 3 N–H and O–H groups in total. The molecule has 0 bridgehead atoms. The van der Waals surface area contributed by atoms with Gasteiger partial charge in [-0.2, -0.15) is 0 Å². The summed E-state index contributed by atoms with van der Waals surface area (Å²) in [5.41, 5.74) is 5.51. The first-order valence-corrected chi connectivity index (χ1v) is 6.20. The van der Waals surface area contributed by atoms with Crippen molar-refractivity contribution in [1.82, 2.24) is 9.80 Å². The van der Waals surface area contributed by atoms with Gasteiger partial charge in [0.1, 0.15) is 0 Å². The Morgan fingerprint density at radius 1 is 1.38 bits per heavy atom. The molecule has 16 heavy (non-hydrogen) atoms. The van der Waals surface area contributed by atoms with E-state index < -0.39 is 5.54 Å². The smallest absolute Gasteiger partial charge is 0.0621 e. The summed E-state index contributed by atoms with van der Waals surface area (Å²) < 4.78 is 0. The molecule has 0 radical (unpaired) electrons. The molecular weight excluding hydrogens is 202 g/mol. The summed E-state index contributed by atoms with van der Waals surface area (Å²) in [4.78, 5) is 4.64. The lowest BCUT2D eigenvalue weighted by Gasteiger charge is -2.37. The van der Waals surface area contributed by atoms with Gasteiger partial charge in [-0.3, -0.25) is 0 Å². The van der Waals surface area contributed by atoms with Crippen molar-refractivity contribution in [1.29, 1.82) is 0 Å². The molecule has 0 aliphatic carbocycles. The fraction of sp³-hybridized carbons (Fsp3) is 1.00. The molecule has 1 aliphatic rings. The first kappa shape index (κ1) is 13.9. The van der Waals surface area contributed by atoms with E-state index in [1.54, 1.807) is 0 Å². The number of nitrogens with two attached hydrogens (primary N) is 1. The highest BCUT2D eigenvalue weighted by Gasteiger charge is 2.25. The SMILES string of the molecule is CN(C)CC1CCN(CC(C)(N)CO)CC1. The maximum absolute atomic E-state index is 9.14. The van der Waals surface area contributed by atoms with Crippen LogP contribution in [0.3, 0.4) is 0 Å². The molecule has 1 atom stereocenters. The van der Waals surface area contributed by atoms with Crippen LogP contribution in [0.1, 0.15) is 19.8 Å². The van der Waals surface area contributed by atoms with E-state index in [1.807, 2.05) is 6.92 Å². The number of hydrogen-bond acceptors (Lipinski definition) is 4. The Bertz CT molecular complexity index is 198. The summed E-state index contributed by atoms with van der Waals surface area (Å²) in [6.07, 6.45) is 2.50. The van der Waals surface area contributed by atoms with Crippen molar-refractivity contribution in [3.8, 4) is 0 Å². The number of likely N-dealkylation sites (tertiary alicyclic amines) is 1. The van der Waals surface area contributed by atoms with Crippen LogP contribution < -0.4 is 5.73 Å². The Morgan fingerprint density at radius 2 is 1.94 bits per heavy atom. The normalized spacial score (nSPS) is 23.6. The number of hydrogen-bond donors (Lipinski definition) is 2. The lowest BCUT2D eigenvalue weighted by atomic mass is 9.94. The van der Waals surface area contributed by atoms with Crippen molar-refractivity contribution in [3.05, 3.63) is 0 Å². The van der Waals surface area contributed by atoms with Gasteiger partial charge in [-0.1, -0.05) is 0 Å². The van der Waals surface area contributed by atoms with Crippen LogP contribution in [0.25, 0.3) is 0 Å². The number of aliphatic hydroxyl groups is 1. The fourth-order valence-electron chi connectivity index (χ4n) is 2.40. The third kappa shape index (κ3) is 4.78. The zero-order valence-electron chi connectivity index (χ0n) is 10.9. The lowest BCUT2D eigenvalue weighted by Crippen LogP contribution is -2.52. The summed E-state index contributed by atoms with van der Waals surface area (Å²) in [5, 5.41) is 9.14. The molecule has 0 aromatic carbocycles. The van der Waals surface area contributed by atoms with Crippen LogP contribution in [0.15, 0.2) is 0 Å². The van der Waals surface area contributed by atoms with Gasteiger partial charge in [-0.05, 0) is 52.9 Å². The van der Waals surface area contributed by atoms with Crippen LogP contribution in [0.2, 0.25) is 0 Å². The Hall–Kier alpha value is -0.160. The van der Waals surface area contributed by atoms with Crippen LogP contribution in [0, 0.1) is 5.92 Å². The van der Waals surface area contributed by atoms with Crippen molar-refractivity contribution in [2.24, 2.45) is 11.7 Å². The first-order chi connectivity index (χ1) is 7.43. The minimum atomic E-state index is -0.450. The van der Waals surface area contributed by atoms with E-state index in [0.29, 0.717) is 0 Å². The van der Waals surface area contributed by atoms with Gasteiger partial charge in [0, 0.05) is 18.6 Å². The molecule has 1 saturated heterocycles. The Labute approximate surface area is 99.4 Å². The highest BCUT2D eigenvalue weighted by atomic mass is 16.3. The quantitative estimate of drug-likeness (QED) is 0.695. The van der Waals surface area contributed by atoms with Gasteiger partial charge in [0.25, 0.3) is 0 Å². The number of rotatable bonds is 5. The molecular formula is C12H27N3O. The largest absolute Gasteiger partial charge is 0.394 e. The van der Waals surface area contributed by atoms with Gasteiger partial charge in [-0.25, -0.2) is 0 Å². The standard InChI is InChI=1S/C12H27N3O/c1-12(13,10-16)9-15-6-4-11(5-7-15)8-14(2)3/h11,16H,4-10,13H2,1-3H3. The topological polar surface area (TPSA) is 52.7 Å². The Kier molecular flexibility index (Phi) is 5.18. The predicted octanol–water partition coefficient (Wildman–Crippen LogP) is -0.0303. The fourth-order valence-corrected chi connectivity index (χ4v) is 2.40. The molecule has 1 unspecified atom stereocenters. The summed E-state index contributed by atoms with van der Waals surface area (Å²) in [6.45, 7) is 6.20. The van der Waals surface area contributed by atoms with Gasteiger partial charge in [0.05, 0.1) is 6.61 Å². The zero-order chi connectivity index (χ0) is 12.2. The van der Waals surface area contributed by atoms with E-state index in [1.165, 1.54) is 19.4 Å². The van der Waals surface area contributed by atoms with E-state index in [4.69, 9.17) is 10.8 Å². The highest BCUT2D eigenvalue weighted by molar-refractivity contribution is 4.84.